The van der Waals surface area contributed by atoms with Gasteiger partial charge < -0.3 is 18.9 Å². The zero-order chi connectivity index (χ0) is 12.7. The molecule has 0 atom stereocenters. The minimum absolute atomic E-state index is 0.644. The Morgan fingerprint density at radius 3 is 2.29 bits per heavy atom. The molecule has 17 heavy (non-hydrogen) atoms. The summed E-state index contributed by atoms with van der Waals surface area (Å²) in [5, 5.41) is 0. The lowest BCUT2D eigenvalue weighted by Gasteiger charge is -2.10. The summed E-state index contributed by atoms with van der Waals surface area (Å²) in [7, 11) is 6.44. The van der Waals surface area contributed by atoms with Gasteiger partial charge in [-0.05, 0) is 17.7 Å². The van der Waals surface area contributed by atoms with Crippen LogP contribution in [0.1, 0.15) is 5.56 Å². The van der Waals surface area contributed by atoms with Crippen LogP contribution in [0, 0.1) is 0 Å². The van der Waals surface area contributed by atoms with Crippen LogP contribution in [0.2, 0.25) is 0 Å². The monoisotopic (exact) mass is 238 g/mol. The van der Waals surface area contributed by atoms with E-state index in [1.165, 1.54) is 0 Å². The van der Waals surface area contributed by atoms with Crippen molar-refractivity contribution in [2.24, 2.45) is 0 Å². The summed E-state index contributed by atoms with van der Waals surface area (Å²) < 4.78 is 20.5. The molecule has 0 spiro atoms. The zero-order valence-electron chi connectivity index (χ0n) is 10.6. The molecule has 0 fully saturated rings. The van der Waals surface area contributed by atoms with E-state index < -0.39 is 0 Å². The Balaban J connectivity index is 2.88. The fraction of sp³-hybridized carbons (Fsp3) is 0.385. The van der Waals surface area contributed by atoms with Crippen molar-refractivity contribution in [3.05, 3.63) is 35.8 Å². The largest absolute Gasteiger partial charge is 0.501 e. The van der Waals surface area contributed by atoms with E-state index in [2.05, 4.69) is 0 Å². The summed E-state index contributed by atoms with van der Waals surface area (Å²) in [5.41, 5.74) is 1.06. The number of ether oxygens (including phenoxy) is 4. The topological polar surface area (TPSA) is 36.9 Å². The van der Waals surface area contributed by atoms with Crippen molar-refractivity contribution >= 4 is 0 Å². The van der Waals surface area contributed by atoms with Gasteiger partial charge in [-0.25, -0.2) is 0 Å². The second-order valence-electron chi connectivity index (χ2n) is 3.39. The van der Waals surface area contributed by atoms with Crippen molar-refractivity contribution in [3.8, 4) is 11.5 Å². The van der Waals surface area contributed by atoms with Gasteiger partial charge in [-0.2, -0.15) is 0 Å². The lowest BCUT2D eigenvalue weighted by atomic mass is 10.1. The van der Waals surface area contributed by atoms with Gasteiger partial charge in [0.05, 0.1) is 28.4 Å². The molecule has 1 aromatic rings. The van der Waals surface area contributed by atoms with Crippen LogP contribution in [-0.4, -0.2) is 28.4 Å². The molecule has 0 amide bonds. The van der Waals surface area contributed by atoms with E-state index in [-0.39, 0.29) is 0 Å². The van der Waals surface area contributed by atoms with E-state index in [0.29, 0.717) is 17.9 Å². The van der Waals surface area contributed by atoms with E-state index in [9.17, 15) is 0 Å². The van der Waals surface area contributed by atoms with Gasteiger partial charge in [0.25, 0.3) is 0 Å². The summed E-state index contributed by atoms with van der Waals surface area (Å²) in [6.07, 6.45) is 2.22. The second-order valence-corrected chi connectivity index (χ2v) is 3.39. The van der Waals surface area contributed by atoms with Crippen LogP contribution in [-0.2, 0) is 15.9 Å². The van der Waals surface area contributed by atoms with Crippen LogP contribution in [0.4, 0.5) is 0 Å². The Morgan fingerprint density at radius 2 is 1.76 bits per heavy atom. The number of hydrogen-bond donors (Lipinski definition) is 0. The lowest BCUT2D eigenvalue weighted by molar-refractivity contribution is 0.243. The van der Waals surface area contributed by atoms with E-state index >= 15 is 0 Å². The maximum absolute atomic E-state index is 5.24. The van der Waals surface area contributed by atoms with E-state index in [1.54, 1.807) is 34.7 Å². The van der Waals surface area contributed by atoms with Crippen molar-refractivity contribution in [2.45, 2.75) is 6.42 Å². The summed E-state index contributed by atoms with van der Waals surface area (Å²) in [4.78, 5) is 0. The van der Waals surface area contributed by atoms with Crippen molar-refractivity contribution in [1.29, 1.82) is 0 Å². The molecule has 0 radical (unpaired) electrons. The van der Waals surface area contributed by atoms with Crippen molar-refractivity contribution in [1.82, 2.24) is 0 Å². The highest BCUT2D eigenvalue weighted by Crippen LogP contribution is 2.28. The van der Waals surface area contributed by atoms with Crippen LogP contribution in [0.5, 0.6) is 11.5 Å². The number of benzene rings is 1. The molecule has 0 unspecified atom stereocenters. The molecule has 1 rings (SSSR count). The van der Waals surface area contributed by atoms with E-state index in [0.717, 1.165) is 11.3 Å². The first-order chi connectivity index (χ1) is 8.24. The van der Waals surface area contributed by atoms with Gasteiger partial charge in [-0.3, -0.25) is 0 Å². The molecule has 0 aliphatic carbocycles. The highest BCUT2D eigenvalue weighted by atomic mass is 16.5. The Morgan fingerprint density at radius 1 is 1.06 bits per heavy atom. The summed E-state index contributed by atoms with van der Waals surface area (Å²) >= 11 is 0. The van der Waals surface area contributed by atoms with E-state index in [1.807, 2.05) is 18.2 Å². The summed E-state index contributed by atoms with van der Waals surface area (Å²) in [5.74, 6) is 2.17. The highest BCUT2D eigenvalue weighted by Gasteiger charge is 2.06. The molecule has 4 nitrogen and oxygen atoms in total. The summed E-state index contributed by atoms with van der Waals surface area (Å²) in [6, 6.07) is 5.75. The molecular weight excluding hydrogens is 220 g/mol. The van der Waals surface area contributed by atoms with Crippen molar-refractivity contribution < 1.29 is 18.9 Å². The van der Waals surface area contributed by atoms with Gasteiger partial charge in [0, 0.05) is 6.42 Å². The fourth-order valence-electron chi connectivity index (χ4n) is 1.49. The third-order valence-electron chi connectivity index (χ3n) is 2.34. The van der Waals surface area contributed by atoms with Gasteiger partial charge in [0.15, 0.2) is 11.5 Å². The maximum atomic E-state index is 5.24. The number of hydrogen-bond acceptors (Lipinski definition) is 4. The first-order valence-corrected chi connectivity index (χ1v) is 5.21. The molecule has 1 aromatic carbocycles. The fourth-order valence-corrected chi connectivity index (χ4v) is 1.49. The van der Waals surface area contributed by atoms with Crippen molar-refractivity contribution in [3.63, 3.8) is 0 Å². The molecular formula is C13H18O4. The highest BCUT2D eigenvalue weighted by molar-refractivity contribution is 5.43. The van der Waals surface area contributed by atoms with Crippen LogP contribution >= 0.6 is 0 Å². The number of allylic oxidation sites excluding steroid dienone is 1. The third kappa shape index (κ3) is 3.59. The molecule has 0 saturated carbocycles. The quantitative estimate of drug-likeness (QED) is 0.713. The Hall–Kier alpha value is -1.84. The van der Waals surface area contributed by atoms with E-state index in [4.69, 9.17) is 18.9 Å². The first-order valence-electron chi connectivity index (χ1n) is 5.21. The predicted molar refractivity (Wildman–Crippen MR) is 65.4 cm³/mol. The van der Waals surface area contributed by atoms with Gasteiger partial charge in [0.1, 0.15) is 12.0 Å². The predicted octanol–water partition coefficient (Wildman–Crippen LogP) is 2.38. The average molecular weight is 238 g/mol. The Labute approximate surface area is 102 Å². The first kappa shape index (κ1) is 13.2. The Bertz CT molecular complexity index is 385. The molecule has 0 N–H and O–H groups in total. The average Bonchev–Trinajstić information content (AvgIpc) is 2.38. The van der Waals surface area contributed by atoms with Gasteiger partial charge in [-0.1, -0.05) is 6.07 Å². The van der Waals surface area contributed by atoms with Crippen LogP contribution in [0.3, 0.4) is 0 Å². The molecule has 0 aromatic heterocycles. The molecule has 0 bridgehead atoms. The van der Waals surface area contributed by atoms with Gasteiger partial charge in [-0.15, -0.1) is 0 Å². The van der Waals surface area contributed by atoms with Gasteiger partial charge >= 0.3 is 0 Å². The standard InChI is InChI=1S/C13H18O4/c1-14-9-11(15-2)7-10-5-6-12(16-3)13(8-10)17-4/h5-6,8-9H,7H2,1-4H3. The third-order valence-corrected chi connectivity index (χ3v) is 2.34. The molecule has 0 aliphatic heterocycles. The second kappa shape index (κ2) is 6.68. The van der Waals surface area contributed by atoms with Crippen LogP contribution < -0.4 is 9.47 Å². The minimum Gasteiger partial charge on any atom is -0.501 e. The smallest absolute Gasteiger partial charge is 0.161 e. The maximum Gasteiger partial charge on any atom is 0.161 e. The molecule has 0 heterocycles. The minimum atomic E-state index is 0.644. The summed E-state index contributed by atoms with van der Waals surface area (Å²) in [6.45, 7) is 0. The molecule has 4 heteroatoms. The molecule has 94 valence electrons. The molecule has 0 aliphatic rings. The lowest BCUT2D eigenvalue weighted by Crippen LogP contribution is -1.96. The number of methoxy groups -OCH3 is 4. The zero-order valence-corrected chi connectivity index (χ0v) is 10.6. The SMILES string of the molecule is COC=C(Cc1ccc(OC)c(OC)c1)OC. The van der Waals surface area contributed by atoms with Gasteiger partial charge in [0.2, 0.25) is 0 Å². The Kier molecular flexibility index (Phi) is 5.20. The van der Waals surface area contributed by atoms with Crippen LogP contribution in [0.15, 0.2) is 30.2 Å². The van der Waals surface area contributed by atoms with Crippen LogP contribution in [0.25, 0.3) is 0 Å². The van der Waals surface area contributed by atoms with Crippen molar-refractivity contribution in [2.75, 3.05) is 28.4 Å². The number of rotatable bonds is 6. The molecule has 0 saturated heterocycles. The normalized spacial score (nSPS) is 10.9.